The number of aromatic nitrogens is 3. The van der Waals surface area contributed by atoms with Gasteiger partial charge >= 0.3 is 0 Å². The van der Waals surface area contributed by atoms with Crippen molar-refractivity contribution in [3.05, 3.63) is 34.8 Å². The molecule has 0 aromatic carbocycles. The van der Waals surface area contributed by atoms with Crippen LogP contribution in [0.5, 0.6) is 0 Å². The normalized spacial score (nSPS) is 12.9. The topological polar surface area (TPSA) is 50.9 Å². The lowest BCUT2D eigenvalue weighted by atomic mass is 10.2. The van der Waals surface area contributed by atoms with Crippen LogP contribution < -0.4 is 0 Å². The molecule has 0 amide bonds. The molecule has 0 saturated heterocycles. The Morgan fingerprint density at radius 2 is 2.44 bits per heavy atom. The molecule has 0 bridgehead atoms. The molecule has 0 aliphatic rings. The van der Waals surface area contributed by atoms with Crippen molar-refractivity contribution in [2.24, 2.45) is 0 Å². The molecule has 0 fully saturated rings. The van der Waals surface area contributed by atoms with E-state index in [2.05, 4.69) is 16.9 Å². The van der Waals surface area contributed by atoms with Crippen molar-refractivity contribution in [3.8, 4) is 0 Å². The standard InChI is InChI=1S/C11H15N3OS/c1-2-4-14-8-12-7-9(14)10(15)6-11-13-3-5-16-11/h3,5,7-8,10,15H,2,4,6H2,1H3. The molecule has 86 valence electrons. The van der Waals surface area contributed by atoms with Gasteiger partial charge in [0.25, 0.3) is 0 Å². The van der Waals surface area contributed by atoms with E-state index >= 15 is 0 Å². The predicted molar refractivity (Wildman–Crippen MR) is 63.3 cm³/mol. The van der Waals surface area contributed by atoms with E-state index in [1.54, 1.807) is 30.1 Å². The highest BCUT2D eigenvalue weighted by Crippen LogP contribution is 2.19. The van der Waals surface area contributed by atoms with Gasteiger partial charge in [-0.3, -0.25) is 0 Å². The molecule has 2 rings (SSSR count). The van der Waals surface area contributed by atoms with Gasteiger partial charge in [0.2, 0.25) is 0 Å². The quantitative estimate of drug-likeness (QED) is 0.865. The van der Waals surface area contributed by atoms with Crippen molar-refractivity contribution in [2.75, 3.05) is 0 Å². The Morgan fingerprint density at radius 3 is 3.12 bits per heavy atom. The largest absolute Gasteiger partial charge is 0.386 e. The van der Waals surface area contributed by atoms with E-state index in [1.165, 1.54) is 0 Å². The van der Waals surface area contributed by atoms with Crippen LogP contribution in [0.4, 0.5) is 0 Å². The Labute approximate surface area is 98.6 Å². The summed E-state index contributed by atoms with van der Waals surface area (Å²) in [6.07, 6.45) is 6.34. The van der Waals surface area contributed by atoms with Gasteiger partial charge in [0.1, 0.15) is 6.10 Å². The highest BCUT2D eigenvalue weighted by Gasteiger charge is 2.14. The van der Waals surface area contributed by atoms with E-state index in [0.717, 1.165) is 23.7 Å². The van der Waals surface area contributed by atoms with E-state index in [4.69, 9.17) is 0 Å². The molecular weight excluding hydrogens is 222 g/mol. The van der Waals surface area contributed by atoms with E-state index in [-0.39, 0.29) is 0 Å². The summed E-state index contributed by atoms with van der Waals surface area (Å²) in [6.45, 7) is 3.00. The number of hydrogen-bond donors (Lipinski definition) is 1. The van der Waals surface area contributed by atoms with E-state index < -0.39 is 6.10 Å². The maximum Gasteiger partial charge on any atom is 0.102 e. The SMILES string of the molecule is CCCn1cncc1C(O)Cc1nccs1. The second-order valence-electron chi connectivity index (χ2n) is 3.66. The van der Waals surface area contributed by atoms with Gasteiger partial charge in [-0.05, 0) is 6.42 Å². The Bertz CT molecular complexity index is 424. The summed E-state index contributed by atoms with van der Waals surface area (Å²) in [5, 5.41) is 13.0. The lowest BCUT2D eigenvalue weighted by molar-refractivity contribution is 0.168. The molecule has 2 aromatic rings. The van der Waals surface area contributed by atoms with Crippen molar-refractivity contribution in [1.82, 2.24) is 14.5 Å². The smallest absolute Gasteiger partial charge is 0.102 e. The maximum atomic E-state index is 10.1. The Hall–Kier alpha value is -1.20. The number of nitrogens with zero attached hydrogens (tertiary/aromatic N) is 3. The van der Waals surface area contributed by atoms with Gasteiger partial charge in [0.05, 0.1) is 23.2 Å². The molecule has 0 saturated carbocycles. The minimum absolute atomic E-state index is 0.514. The second kappa shape index (κ2) is 5.23. The van der Waals surface area contributed by atoms with E-state index in [1.807, 2.05) is 9.95 Å². The summed E-state index contributed by atoms with van der Waals surface area (Å²) in [6, 6.07) is 0. The molecule has 5 heteroatoms. The molecule has 4 nitrogen and oxygen atoms in total. The molecule has 1 unspecified atom stereocenters. The average molecular weight is 237 g/mol. The third-order valence-corrected chi connectivity index (χ3v) is 3.20. The Morgan fingerprint density at radius 1 is 1.56 bits per heavy atom. The molecule has 1 atom stereocenters. The first-order chi connectivity index (χ1) is 7.81. The first-order valence-electron chi connectivity index (χ1n) is 5.37. The van der Waals surface area contributed by atoms with Gasteiger partial charge in [0.15, 0.2) is 0 Å². The maximum absolute atomic E-state index is 10.1. The number of aliphatic hydroxyl groups excluding tert-OH is 1. The predicted octanol–water partition coefficient (Wildman–Crippen LogP) is 2.03. The zero-order valence-corrected chi connectivity index (χ0v) is 10.0. The molecule has 0 spiro atoms. The van der Waals surface area contributed by atoms with Crippen LogP contribution in [-0.2, 0) is 13.0 Å². The Kier molecular flexibility index (Phi) is 3.69. The minimum Gasteiger partial charge on any atom is -0.386 e. The number of aryl methyl sites for hydroxylation is 1. The van der Waals surface area contributed by atoms with Gasteiger partial charge in [-0.2, -0.15) is 0 Å². The van der Waals surface area contributed by atoms with E-state index in [0.29, 0.717) is 6.42 Å². The summed E-state index contributed by atoms with van der Waals surface area (Å²) in [5.41, 5.74) is 0.872. The fourth-order valence-corrected chi connectivity index (χ4v) is 2.31. The third-order valence-electron chi connectivity index (χ3n) is 2.40. The highest BCUT2D eigenvalue weighted by atomic mass is 32.1. The zero-order chi connectivity index (χ0) is 11.4. The van der Waals surface area contributed by atoms with Gasteiger partial charge in [0, 0.05) is 24.5 Å². The van der Waals surface area contributed by atoms with Crippen LogP contribution in [0.25, 0.3) is 0 Å². The minimum atomic E-state index is -0.514. The van der Waals surface area contributed by atoms with Crippen LogP contribution in [0, 0.1) is 0 Å². The average Bonchev–Trinajstić information content (AvgIpc) is 2.89. The fraction of sp³-hybridized carbons (Fsp3) is 0.455. The van der Waals surface area contributed by atoms with Crippen molar-refractivity contribution in [2.45, 2.75) is 32.4 Å². The molecule has 0 radical (unpaired) electrons. The van der Waals surface area contributed by atoms with Crippen LogP contribution in [0.15, 0.2) is 24.1 Å². The molecule has 2 heterocycles. The lowest BCUT2D eigenvalue weighted by Crippen LogP contribution is -2.09. The third kappa shape index (κ3) is 2.48. The van der Waals surface area contributed by atoms with Crippen LogP contribution in [0.3, 0.4) is 0 Å². The Balaban J connectivity index is 2.08. The number of rotatable bonds is 5. The lowest BCUT2D eigenvalue weighted by Gasteiger charge is -2.11. The zero-order valence-electron chi connectivity index (χ0n) is 9.21. The van der Waals surface area contributed by atoms with Crippen molar-refractivity contribution >= 4 is 11.3 Å². The molecule has 2 aromatic heterocycles. The van der Waals surface area contributed by atoms with Gasteiger partial charge in [-0.1, -0.05) is 6.92 Å². The number of hydrogen-bond acceptors (Lipinski definition) is 4. The van der Waals surface area contributed by atoms with Gasteiger partial charge in [-0.15, -0.1) is 11.3 Å². The van der Waals surface area contributed by atoms with Gasteiger partial charge < -0.3 is 9.67 Å². The van der Waals surface area contributed by atoms with Crippen LogP contribution in [0.1, 0.15) is 30.2 Å². The number of aliphatic hydroxyl groups is 1. The van der Waals surface area contributed by atoms with E-state index in [9.17, 15) is 5.11 Å². The fourth-order valence-electron chi connectivity index (χ4n) is 1.66. The number of imidazole rings is 1. The monoisotopic (exact) mass is 237 g/mol. The second-order valence-corrected chi connectivity index (χ2v) is 4.64. The first kappa shape index (κ1) is 11.3. The molecule has 1 N–H and O–H groups in total. The summed E-state index contributed by atoms with van der Waals surface area (Å²) in [7, 11) is 0. The van der Waals surface area contributed by atoms with Crippen molar-refractivity contribution < 1.29 is 5.11 Å². The summed E-state index contributed by atoms with van der Waals surface area (Å²) in [5.74, 6) is 0. The molecule has 16 heavy (non-hydrogen) atoms. The molecule has 0 aliphatic carbocycles. The molecule has 0 aliphatic heterocycles. The van der Waals surface area contributed by atoms with Crippen LogP contribution in [0.2, 0.25) is 0 Å². The number of thiazole rings is 1. The van der Waals surface area contributed by atoms with Crippen LogP contribution in [-0.4, -0.2) is 19.6 Å². The first-order valence-corrected chi connectivity index (χ1v) is 6.25. The van der Waals surface area contributed by atoms with Crippen LogP contribution >= 0.6 is 11.3 Å². The highest BCUT2D eigenvalue weighted by molar-refractivity contribution is 7.09. The van der Waals surface area contributed by atoms with Gasteiger partial charge in [-0.25, -0.2) is 9.97 Å². The van der Waals surface area contributed by atoms with Crippen molar-refractivity contribution in [3.63, 3.8) is 0 Å². The summed E-state index contributed by atoms with van der Waals surface area (Å²) < 4.78 is 2.00. The molecular formula is C11H15N3OS. The van der Waals surface area contributed by atoms with Crippen molar-refractivity contribution in [1.29, 1.82) is 0 Å². The summed E-state index contributed by atoms with van der Waals surface area (Å²) in [4.78, 5) is 8.25. The summed E-state index contributed by atoms with van der Waals surface area (Å²) >= 11 is 1.57.